The van der Waals surface area contributed by atoms with Crippen LogP contribution in [-0.4, -0.2) is 72.1 Å². The van der Waals surface area contributed by atoms with Gasteiger partial charge >= 0.3 is 11.9 Å². The zero-order valence-electron chi connectivity index (χ0n) is 20.5. The Morgan fingerprint density at radius 3 is 2.36 bits per heavy atom. The highest BCUT2D eigenvalue weighted by atomic mass is 16.4. The number of carboxylic acid groups (broad SMARTS) is 2. The molecule has 2 heterocycles. The smallest absolute Gasteiger partial charge is 0.414 e. The number of rotatable bonds is 6. The third-order valence-corrected chi connectivity index (χ3v) is 6.63. The first-order chi connectivity index (χ1) is 17.3. The van der Waals surface area contributed by atoms with E-state index in [1.807, 2.05) is 29.2 Å². The molecular formula is C27H33N3O6. The lowest BCUT2D eigenvalue weighted by Crippen LogP contribution is -2.36. The zero-order valence-corrected chi connectivity index (χ0v) is 20.5. The van der Waals surface area contributed by atoms with E-state index in [1.165, 1.54) is 5.56 Å². The maximum atomic E-state index is 12.4. The Morgan fingerprint density at radius 2 is 1.67 bits per heavy atom. The van der Waals surface area contributed by atoms with Crippen molar-refractivity contribution in [2.24, 2.45) is 0 Å². The summed E-state index contributed by atoms with van der Waals surface area (Å²) in [7, 11) is 1.69. The molecule has 4 rings (SSSR count). The van der Waals surface area contributed by atoms with Crippen LogP contribution in [0, 0.1) is 0 Å². The molecular weight excluding hydrogens is 462 g/mol. The molecule has 9 nitrogen and oxygen atoms in total. The van der Waals surface area contributed by atoms with Gasteiger partial charge in [-0.25, -0.2) is 9.59 Å². The molecule has 2 saturated heterocycles. The monoisotopic (exact) mass is 495 g/mol. The fourth-order valence-corrected chi connectivity index (χ4v) is 4.81. The van der Waals surface area contributed by atoms with Crippen LogP contribution in [0.15, 0.2) is 48.5 Å². The highest BCUT2D eigenvalue weighted by molar-refractivity contribution is 6.27. The van der Waals surface area contributed by atoms with E-state index in [0.717, 1.165) is 68.7 Å². The minimum atomic E-state index is -1.82. The molecule has 9 heteroatoms. The van der Waals surface area contributed by atoms with E-state index in [-0.39, 0.29) is 11.8 Å². The summed E-state index contributed by atoms with van der Waals surface area (Å²) in [4.78, 5) is 47.3. The number of piperidine rings is 1. The molecule has 2 aromatic carbocycles. The Hall–Kier alpha value is -3.72. The Labute approximate surface area is 210 Å². The molecule has 1 unspecified atom stereocenters. The first-order valence-electron chi connectivity index (χ1n) is 12.2. The van der Waals surface area contributed by atoms with Crippen molar-refractivity contribution < 1.29 is 29.4 Å². The lowest BCUT2D eigenvalue weighted by molar-refractivity contribution is -0.159. The van der Waals surface area contributed by atoms with Gasteiger partial charge in [-0.15, -0.1) is 0 Å². The Bertz CT molecular complexity index is 1090. The van der Waals surface area contributed by atoms with E-state index in [1.54, 1.807) is 7.05 Å². The fraction of sp³-hybridized carbons (Fsp3) is 0.407. The van der Waals surface area contributed by atoms with Crippen LogP contribution in [0.2, 0.25) is 0 Å². The molecule has 0 aromatic heterocycles. The zero-order chi connectivity index (χ0) is 26.1. The Kier molecular flexibility index (Phi) is 9.58. The molecule has 0 radical (unpaired) electrons. The highest BCUT2D eigenvalue weighted by Gasteiger charge is 2.27. The highest BCUT2D eigenvalue weighted by Crippen LogP contribution is 2.31. The number of aliphatic carboxylic acids is 2. The van der Waals surface area contributed by atoms with E-state index in [9.17, 15) is 9.59 Å². The van der Waals surface area contributed by atoms with Crippen molar-refractivity contribution in [3.8, 4) is 0 Å². The Balaban J connectivity index is 0.000000538. The van der Waals surface area contributed by atoms with Crippen molar-refractivity contribution in [1.29, 1.82) is 0 Å². The number of benzene rings is 2. The van der Waals surface area contributed by atoms with Crippen molar-refractivity contribution in [3.05, 3.63) is 65.2 Å². The van der Waals surface area contributed by atoms with Gasteiger partial charge in [0.1, 0.15) is 0 Å². The van der Waals surface area contributed by atoms with Gasteiger partial charge in [-0.2, -0.15) is 0 Å². The van der Waals surface area contributed by atoms with Crippen LogP contribution in [0.1, 0.15) is 53.1 Å². The molecule has 0 aliphatic carbocycles. The minimum Gasteiger partial charge on any atom is -0.473 e. The van der Waals surface area contributed by atoms with Gasteiger partial charge < -0.3 is 25.3 Å². The van der Waals surface area contributed by atoms with Gasteiger partial charge in [0.2, 0.25) is 5.91 Å². The van der Waals surface area contributed by atoms with Crippen LogP contribution in [0.25, 0.3) is 0 Å². The summed E-state index contributed by atoms with van der Waals surface area (Å²) in [5.41, 5.74) is 4.28. The maximum absolute atomic E-state index is 12.4. The standard InChI is InChI=1S/C25H31N3O2.C2H2O4/c1-26-25(30)22-10-4-3-9-21(22)20-14-17-27(18-20)16-13-19-8-2-5-11-23(19)28-15-7-6-12-24(28)29;3-1(4)2(5)6/h2-5,8-11,20H,6-7,12-18H2,1H3,(H,26,30);(H,3,4)(H,5,6). The fourth-order valence-electron chi connectivity index (χ4n) is 4.81. The number of carboxylic acids is 2. The summed E-state index contributed by atoms with van der Waals surface area (Å²) in [6.45, 7) is 3.81. The summed E-state index contributed by atoms with van der Waals surface area (Å²) in [5, 5.41) is 17.5. The summed E-state index contributed by atoms with van der Waals surface area (Å²) in [6, 6.07) is 16.3. The number of hydrogen-bond donors (Lipinski definition) is 3. The molecule has 3 N–H and O–H groups in total. The minimum absolute atomic E-state index is 0.0100. The molecule has 2 aliphatic rings. The second-order valence-electron chi connectivity index (χ2n) is 8.94. The van der Waals surface area contributed by atoms with Crippen LogP contribution in [0.4, 0.5) is 5.69 Å². The van der Waals surface area contributed by atoms with Gasteiger partial charge in [0.15, 0.2) is 0 Å². The lowest BCUT2D eigenvalue weighted by atomic mass is 9.93. The average molecular weight is 496 g/mol. The van der Waals surface area contributed by atoms with Gasteiger partial charge in [0.05, 0.1) is 0 Å². The second kappa shape index (κ2) is 12.8. The number of carbonyl (C=O) groups is 4. The lowest BCUT2D eigenvalue weighted by Gasteiger charge is -2.29. The third kappa shape index (κ3) is 6.91. The number of anilines is 1. The van der Waals surface area contributed by atoms with E-state index < -0.39 is 11.9 Å². The van der Waals surface area contributed by atoms with Crippen LogP contribution >= 0.6 is 0 Å². The predicted molar refractivity (Wildman–Crippen MR) is 135 cm³/mol. The summed E-state index contributed by atoms with van der Waals surface area (Å²) in [6.07, 6.45) is 4.75. The number of nitrogens with one attached hydrogen (secondary N) is 1. The molecule has 2 aliphatic heterocycles. The predicted octanol–water partition coefficient (Wildman–Crippen LogP) is 2.75. The number of nitrogens with zero attached hydrogens (tertiary/aromatic N) is 2. The number of carbonyl (C=O) groups excluding carboxylic acids is 2. The molecule has 36 heavy (non-hydrogen) atoms. The average Bonchev–Trinajstić information content (AvgIpc) is 3.37. The topological polar surface area (TPSA) is 127 Å². The van der Waals surface area contributed by atoms with Crippen molar-refractivity contribution >= 4 is 29.4 Å². The molecule has 2 amide bonds. The van der Waals surface area contributed by atoms with E-state index in [0.29, 0.717) is 12.3 Å². The SMILES string of the molecule is CNC(=O)c1ccccc1C1CCN(CCc2ccccc2N2CCCCC2=O)C1.O=C(O)C(=O)O. The van der Waals surface area contributed by atoms with E-state index >= 15 is 0 Å². The quantitative estimate of drug-likeness (QED) is 0.526. The molecule has 0 bridgehead atoms. The summed E-state index contributed by atoms with van der Waals surface area (Å²) >= 11 is 0. The van der Waals surface area contributed by atoms with Crippen LogP contribution in [-0.2, 0) is 20.8 Å². The van der Waals surface area contributed by atoms with Gasteiger partial charge in [-0.1, -0.05) is 36.4 Å². The largest absolute Gasteiger partial charge is 0.473 e. The first-order valence-corrected chi connectivity index (χ1v) is 12.2. The van der Waals surface area contributed by atoms with Crippen molar-refractivity contribution in [1.82, 2.24) is 10.2 Å². The number of amides is 2. The van der Waals surface area contributed by atoms with Gasteiger partial charge in [-0.05, 0) is 61.4 Å². The Morgan fingerprint density at radius 1 is 0.972 bits per heavy atom. The normalized spacial score (nSPS) is 17.8. The van der Waals surface area contributed by atoms with Crippen LogP contribution in [0.5, 0.6) is 0 Å². The van der Waals surface area contributed by atoms with E-state index in [2.05, 4.69) is 34.5 Å². The first kappa shape index (κ1) is 26.9. The molecule has 2 aromatic rings. The van der Waals surface area contributed by atoms with Crippen LogP contribution in [0.3, 0.4) is 0 Å². The van der Waals surface area contributed by atoms with Gasteiger partial charge in [0, 0.05) is 44.4 Å². The molecule has 2 fully saturated rings. The van der Waals surface area contributed by atoms with Crippen molar-refractivity contribution in [2.45, 2.75) is 38.0 Å². The molecule has 192 valence electrons. The summed E-state index contributed by atoms with van der Waals surface area (Å²) < 4.78 is 0. The van der Waals surface area contributed by atoms with Gasteiger partial charge in [0.25, 0.3) is 5.91 Å². The molecule has 1 atom stereocenters. The van der Waals surface area contributed by atoms with Crippen molar-refractivity contribution in [3.63, 3.8) is 0 Å². The third-order valence-electron chi connectivity index (χ3n) is 6.63. The number of para-hydroxylation sites is 1. The second-order valence-corrected chi connectivity index (χ2v) is 8.94. The van der Waals surface area contributed by atoms with E-state index in [4.69, 9.17) is 19.8 Å². The number of likely N-dealkylation sites (tertiary alicyclic amines) is 1. The van der Waals surface area contributed by atoms with Crippen molar-refractivity contribution in [2.75, 3.05) is 38.1 Å². The van der Waals surface area contributed by atoms with Gasteiger partial charge in [-0.3, -0.25) is 9.59 Å². The molecule has 0 saturated carbocycles. The maximum Gasteiger partial charge on any atom is 0.414 e. The number of hydrogen-bond acceptors (Lipinski definition) is 5. The molecule has 0 spiro atoms. The summed E-state index contributed by atoms with van der Waals surface area (Å²) in [5.74, 6) is -3.02. The van der Waals surface area contributed by atoms with Crippen LogP contribution < -0.4 is 10.2 Å².